The second-order valence-electron chi connectivity index (χ2n) is 6.54. The molecule has 7 heteroatoms. The molecule has 0 aliphatic rings. The van der Waals surface area contributed by atoms with Gasteiger partial charge in [0.15, 0.2) is 5.82 Å². The molecule has 0 fully saturated rings. The number of aromatic nitrogens is 2. The van der Waals surface area contributed by atoms with Gasteiger partial charge in [-0.1, -0.05) is 18.9 Å². The van der Waals surface area contributed by atoms with Gasteiger partial charge < -0.3 is 14.6 Å². The maximum absolute atomic E-state index is 14.9. The summed E-state index contributed by atoms with van der Waals surface area (Å²) in [7, 11) is 1.67. The lowest BCUT2D eigenvalue weighted by Gasteiger charge is -2.15. The summed E-state index contributed by atoms with van der Waals surface area (Å²) in [5.74, 6) is 0.554. The van der Waals surface area contributed by atoms with Crippen molar-refractivity contribution in [2.45, 2.75) is 27.2 Å². The van der Waals surface area contributed by atoms with E-state index in [2.05, 4.69) is 21.9 Å². The largest absolute Gasteiger partial charge is 0.353 e. The Morgan fingerprint density at radius 2 is 1.93 bits per heavy atom. The molecule has 1 aromatic heterocycles. The highest BCUT2D eigenvalue weighted by Gasteiger charge is 2.14. The van der Waals surface area contributed by atoms with Gasteiger partial charge in [-0.25, -0.2) is 9.37 Å². The van der Waals surface area contributed by atoms with Gasteiger partial charge in [-0.05, 0) is 55.7 Å². The summed E-state index contributed by atoms with van der Waals surface area (Å²) in [5.41, 5.74) is 3.70. The van der Waals surface area contributed by atoms with Crippen LogP contribution in [0.4, 0.5) is 21.5 Å². The molecule has 0 spiro atoms. The summed E-state index contributed by atoms with van der Waals surface area (Å²) in [6, 6.07) is 7.15. The van der Waals surface area contributed by atoms with Crippen LogP contribution >= 0.6 is 11.9 Å². The van der Waals surface area contributed by atoms with Crippen LogP contribution in [0.2, 0.25) is 0 Å². The highest BCUT2D eigenvalue weighted by Crippen LogP contribution is 2.31. The molecule has 0 saturated carbocycles. The summed E-state index contributed by atoms with van der Waals surface area (Å²) >= 11 is 1.48. The standard InChI is InChI=1S/C20H23FN4OS/c1-5-8-27-24-17-10-12(2)9-16(19(17)21)23-14-6-7-15-18(13(14)3)20(26)25(4)11-22-15/h6-7,9-11,23-24H,5,8H2,1-4H3. The molecule has 0 saturated heterocycles. The molecule has 0 bridgehead atoms. The van der Waals surface area contributed by atoms with Gasteiger partial charge in [-0.3, -0.25) is 4.79 Å². The van der Waals surface area contributed by atoms with Crippen molar-refractivity contribution in [2.75, 3.05) is 15.8 Å². The first-order valence-electron chi connectivity index (χ1n) is 8.82. The SMILES string of the molecule is CCCSNc1cc(C)cc(Nc2ccc3ncn(C)c(=O)c3c2C)c1F. The molecular weight excluding hydrogens is 363 g/mol. The van der Waals surface area contributed by atoms with Crippen molar-refractivity contribution in [3.63, 3.8) is 0 Å². The second-order valence-corrected chi connectivity index (χ2v) is 7.44. The Bertz CT molecular complexity index is 1050. The van der Waals surface area contributed by atoms with Crippen molar-refractivity contribution in [3.8, 4) is 0 Å². The highest BCUT2D eigenvalue weighted by atomic mass is 32.2. The van der Waals surface area contributed by atoms with E-state index >= 15 is 0 Å². The quantitative estimate of drug-likeness (QED) is 0.466. The number of nitrogens with one attached hydrogen (secondary N) is 2. The van der Waals surface area contributed by atoms with Crippen LogP contribution in [0, 0.1) is 19.7 Å². The Morgan fingerprint density at radius 3 is 2.67 bits per heavy atom. The topological polar surface area (TPSA) is 59.0 Å². The molecule has 1 heterocycles. The van der Waals surface area contributed by atoms with E-state index in [0.29, 0.717) is 28.0 Å². The van der Waals surface area contributed by atoms with Crippen molar-refractivity contribution >= 4 is 39.9 Å². The Hall–Kier alpha value is -2.54. The molecule has 0 radical (unpaired) electrons. The average molecular weight is 386 g/mol. The van der Waals surface area contributed by atoms with Crippen molar-refractivity contribution < 1.29 is 4.39 Å². The van der Waals surface area contributed by atoms with Crippen molar-refractivity contribution in [2.24, 2.45) is 7.05 Å². The van der Waals surface area contributed by atoms with E-state index in [0.717, 1.165) is 23.3 Å². The molecular formula is C20H23FN4OS. The summed E-state index contributed by atoms with van der Waals surface area (Å²) in [6.07, 6.45) is 2.51. The van der Waals surface area contributed by atoms with Gasteiger partial charge in [-0.2, -0.15) is 0 Å². The van der Waals surface area contributed by atoms with E-state index in [1.165, 1.54) is 22.8 Å². The van der Waals surface area contributed by atoms with Gasteiger partial charge in [0, 0.05) is 18.5 Å². The average Bonchev–Trinajstić information content (AvgIpc) is 2.64. The van der Waals surface area contributed by atoms with Crippen LogP contribution in [0.1, 0.15) is 24.5 Å². The molecule has 5 nitrogen and oxygen atoms in total. The number of fused-ring (bicyclic) bond motifs is 1. The van der Waals surface area contributed by atoms with Crippen LogP contribution in [0.15, 0.2) is 35.4 Å². The number of anilines is 3. The molecule has 3 aromatic rings. The number of aryl methyl sites for hydroxylation is 3. The van der Waals surface area contributed by atoms with Crippen molar-refractivity contribution in [1.82, 2.24) is 9.55 Å². The molecule has 0 atom stereocenters. The minimum absolute atomic E-state index is 0.121. The number of hydrogen-bond donors (Lipinski definition) is 2. The van der Waals surface area contributed by atoms with Crippen LogP contribution in [0.5, 0.6) is 0 Å². The lowest BCUT2D eigenvalue weighted by molar-refractivity contribution is 0.636. The third-order valence-corrected chi connectivity index (χ3v) is 5.30. The normalized spacial score (nSPS) is 11.0. The summed E-state index contributed by atoms with van der Waals surface area (Å²) in [4.78, 5) is 16.8. The van der Waals surface area contributed by atoms with Crippen LogP contribution < -0.4 is 15.6 Å². The monoisotopic (exact) mass is 386 g/mol. The first kappa shape index (κ1) is 19.2. The number of benzene rings is 2. The number of hydrogen-bond acceptors (Lipinski definition) is 5. The molecule has 2 N–H and O–H groups in total. The van der Waals surface area contributed by atoms with Crippen LogP contribution in [0.25, 0.3) is 10.9 Å². The van der Waals surface area contributed by atoms with Gasteiger partial charge in [-0.15, -0.1) is 0 Å². The maximum atomic E-state index is 14.9. The molecule has 0 amide bonds. The molecule has 0 unspecified atom stereocenters. The van der Waals surface area contributed by atoms with Gasteiger partial charge in [0.1, 0.15) is 0 Å². The zero-order chi connectivity index (χ0) is 19.6. The van der Waals surface area contributed by atoms with Crippen molar-refractivity contribution in [3.05, 3.63) is 57.9 Å². The molecule has 2 aromatic carbocycles. The zero-order valence-electron chi connectivity index (χ0n) is 15.9. The lowest BCUT2D eigenvalue weighted by Crippen LogP contribution is -2.18. The van der Waals surface area contributed by atoms with Gasteiger partial charge in [0.05, 0.1) is 28.6 Å². The second kappa shape index (κ2) is 8.00. The number of rotatable bonds is 6. The lowest BCUT2D eigenvalue weighted by atomic mass is 10.1. The van der Waals surface area contributed by atoms with E-state index in [-0.39, 0.29) is 11.4 Å². The fourth-order valence-electron chi connectivity index (χ4n) is 2.90. The first-order chi connectivity index (χ1) is 12.9. The third-order valence-electron chi connectivity index (χ3n) is 4.32. The Morgan fingerprint density at radius 1 is 1.19 bits per heavy atom. The van der Waals surface area contributed by atoms with Crippen LogP contribution in [-0.2, 0) is 7.05 Å². The Kier molecular flexibility index (Phi) is 5.70. The molecule has 3 rings (SSSR count). The molecule has 0 aliphatic heterocycles. The fourth-order valence-corrected chi connectivity index (χ4v) is 3.51. The smallest absolute Gasteiger partial charge is 0.261 e. The van der Waals surface area contributed by atoms with E-state index in [4.69, 9.17) is 0 Å². The predicted octanol–water partition coefficient (Wildman–Crippen LogP) is 4.90. The molecule has 0 aliphatic carbocycles. The Labute approximate surface area is 162 Å². The van der Waals surface area contributed by atoms with E-state index < -0.39 is 0 Å². The first-order valence-corrected chi connectivity index (χ1v) is 9.80. The van der Waals surface area contributed by atoms with Crippen LogP contribution in [-0.4, -0.2) is 15.3 Å². The number of nitrogens with zero attached hydrogens (tertiary/aromatic N) is 2. The van der Waals surface area contributed by atoms with E-state index in [9.17, 15) is 9.18 Å². The van der Waals surface area contributed by atoms with Gasteiger partial charge in [0.2, 0.25) is 0 Å². The highest BCUT2D eigenvalue weighted by molar-refractivity contribution is 8.00. The third kappa shape index (κ3) is 3.93. The van der Waals surface area contributed by atoms with E-state index in [1.54, 1.807) is 25.2 Å². The summed E-state index contributed by atoms with van der Waals surface area (Å²) in [5, 5.41) is 3.69. The minimum Gasteiger partial charge on any atom is -0.353 e. The number of halogens is 1. The summed E-state index contributed by atoms with van der Waals surface area (Å²) < 4.78 is 19.5. The summed E-state index contributed by atoms with van der Waals surface area (Å²) in [6.45, 7) is 5.85. The zero-order valence-corrected chi connectivity index (χ0v) is 16.7. The molecule has 27 heavy (non-hydrogen) atoms. The predicted molar refractivity (Wildman–Crippen MR) is 113 cm³/mol. The van der Waals surface area contributed by atoms with Gasteiger partial charge in [0.25, 0.3) is 5.56 Å². The van der Waals surface area contributed by atoms with Crippen molar-refractivity contribution in [1.29, 1.82) is 0 Å². The fraction of sp³-hybridized carbons (Fsp3) is 0.300. The molecule has 142 valence electrons. The van der Waals surface area contributed by atoms with E-state index in [1.807, 2.05) is 19.9 Å². The minimum atomic E-state index is -0.345. The Balaban J connectivity index is 2.01. The van der Waals surface area contributed by atoms with Gasteiger partial charge >= 0.3 is 0 Å². The maximum Gasteiger partial charge on any atom is 0.261 e. The van der Waals surface area contributed by atoms with Crippen LogP contribution in [0.3, 0.4) is 0 Å².